The molecule has 1 aliphatic carbocycles. The Morgan fingerprint density at radius 1 is 0.864 bits per heavy atom. The minimum atomic E-state index is -5.84. The minimum Gasteiger partial charge on any atom is -0.390 e. The highest BCUT2D eigenvalue weighted by Crippen LogP contribution is 2.54. The molecule has 3 atom stereocenters. The van der Waals surface area contributed by atoms with Crippen LogP contribution in [0, 0.1) is 17.8 Å². The molecule has 0 bridgehead atoms. The summed E-state index contributed by atoms with van der Waals surface area (Å²) in [5.74, 6) is -3.52. The van der Waals surface area contributed by atoms with Gasteiger partial charge in [0.05, 0.1) is 5.60 Å². The molecule has 0 saturated heterocycles. The summed E-state index contributed by atoms with van der Waals surface area (Å²) in [4.78, 5) is 0. The fraction of sp³-hybridized carbons (Fsp3) is 0.857. The molecule has 130 valence electrons. The van der Waals surface area contributed by atoms with E-state index in [9.17, 15) is 36.6 Å². The third kappa shape index (κ3) is 3.42. The summed E-state index contributed by atoms with van der Waals surface area (Å²) >= 11 is 0. The van der Waals surface area contributed by atoms with Gasteiger partial charge in [0.25, 0.3) is 5.60 Å². The van der Waals surface area contributed by atoms with E-state index in [0.717, 1.165) is 0 Å². The lowest BCUT2D eigenvalue weighted by atomic mass is 9.64. The van der Waals surface area contributed by atoms with E-state index < -0.39 is 54.2 Å². The van der Waals surface area contributed by atoms with Crippen LogP contribution in [0.15, 0.2) is 12.7 Å². The molecule has 3 unspecified atom stereocenters. The van der Waals surface area contributed by atoms with Crippen LogP contribution in [0.3, 0.4) is 0 Å². The summed E-state index contributed by atoms with van der Waals surface area (Å²) in [6.07, 6.45) is -11.2. The van der Waals surface area contributed by atoms with E-state index in [1.807, 2.05) is 0 Å². The Bertz CT molecular complexity index is 393. The second-order valence-corrected chi connectivity index (χ2v) is 6.51. The highest BCUT2D eigenvalue weighted by molar-refractivity contribution is 5.05. The molecule has 2 N–H and O–H groups in total. The summed E-state index contributed by atoms with van der Waals surface area (Å²) in [7, 11) is 0. The summed E-state index contributed by atoms with van der Waals surface area (Å²) in [5.41, 5.74) is -6.23. The first-order valence-corrected chi connectivity index (χ1v) is 6.85. The summed E-state index contributed by atoms with van der Waals surface area (Å²) < 4.78 is 77.9. The van der Waals surface area contributed by atoms with Gasteiger partial charge < -0.3 is 10.2 Å². The number of alkyl halides is 6. The Balaban J connectivity index is 3.27. The normalized spacial score (nSPS) is 28.5. The van der Waals surface area contributed by atoms with Crippen molar-refractivity contribution in [2.45, 2.75) is 56.7 Å². The van der Waals surface area contributed by atoms with Crippen molar-refractivity contribution < 1.29 is 36.6 Å². The fourth-order valence-electron chi connectivity index (χ4n) is 3.10. The van der Waals surface area contributed by atoms with E-state index in [4.69, 9.17) is 0 Å². The number of hydrogen-bond acceptors (Lipinski definition) is 2. The first-order valence-electron chi connectivity index (χ1n) is 6.85. The molecular weight excluding hydrogens is 314 g/mol. The Hall–Kier alpha value is -0.760. The maximum atomic E-state index is 13.0. The predicted molar refractivity (Wildman–Crippen MR) is 67.9 cm³/mol. The molecular formula is C14H20F6O2. The van der Waals surface area contributed by atoms with Gasteiger partial charge >= 0.3 is 12.4 Å². The second-order valence-electron chi connectivity index (χ2n) is 6.51. The Morgan fingerprint density at radius 3 is 1.59 bits per heavy atom. The SMILES string of the molecule is C=CC1CC(C(C)(C)O)CC(C(O)(C(F)(F)F)C(F)(F)F)C1. The van der Waals surface area contributed by atoms with Crippen molar-refractivity contribution in [3.63, 3.8) is 0 Å². The van der Waals surface area contributed by atoms with Crippen LogP contribution in [-0.2, 0) is 0 Å². The number of aliphatic hydroxyl groups is 2. The summed E-state index contributed by atoms with van der Waals surface area (Å²) in [6, 6.07) is 0. The van der Waals surface area contributed by atoms with Crippen molar-refractivity contribution in [1.82, 2.24) is 0 Å². The van der Waals surface area contributed by atoms with Gasteiger partial charge in [-0.25, -0.2) is 0 Å². The van der Waals surface area contributed by atoms with E-state index in [2.05, 4.69) is 6.58 Å². The first-order chi connectivity index (χ1) is 9.64. The van der Waals surface area contributed by atoms with Gasteiger partial charge in [-0.2, -0.15) is 26.3 Å². The lowest BCUT2D eigenvalue weighted by Gasteiger charge is -2.46. The van der Waals surface area contributed by atoms with Gasteiger partial charge in [-0.1, -0.05) is 6.08 Å². The van der Waals surface area contributed by atoms with Crippen LogP contribution in [0.5, 0.6) is 0 Å². The van der Waals surface area contributed by atoms with E-state index in [1.165, 1.54) is 19.9 Å². The maximum absolute atomic E-state index is 13.0. The molecule has 0 amide bonds. The Morgan fingerprint density at radius 2 is 1.27 bits per heavy atom. The molecule has 0 aromatic rings. The molecule has 0 spiro atoms. The molecule has 1 rings (SSSR count). The second kappa shape index (κ2) is 5.70. The van der Waals surface area contributed by atoms with Crippen LogP contribution < -0.4 is 0 Å². The zero-order valence-corrected chi connectivity index (χ0v) is 12.3. The van der Waals surface area contributed by atoms with Crippen LogP contribution in [-0.4, -0.2) is 33.8 Å². The van der Waals surface area contributed by atoms with E-state index >= 15 is 0 Å². The number of halogens is 6. The van der Waals surface area contributed by atoms with Crippen LogP contribution in [0.2, 0.25) is 0 Å². The predicted octanol–water partition coefficient (Wildman–Crippen LogP) is 3.83. The van der Waals surface area contributed by atoms with Crippen molar-refractivity contribution in [2.75, 3.05) is 0 Å². The first kappa shape index (κ1) is 19.3. The highest BCUT2D eigenvalue weighted by atomic mass is 19.4. The van der Waals surface area contributed by atoms with Crippen LogP contribution in [0.25, 0.3) is 0 Å². The molecule has 0 aromatic heterocycles. The smallest absolute Gasteiger partial charge is 0.390 e. The van der Waals surface area contributed by atoms with Crippen LogP contribution in [0.1, 0.15) is 33.1 Å². The van der Waals surface area contributed by atoms with Crippen molar-refractivity contribution in [2.24, 2.45) is 17.8 Å². The molecule has 0 heterocycles. The number of hydrogen-bond donors (Lipinski definition) is 2. The summed E-state index contributed by atoms with van der Waals surface area (Å²) in [6.45, 7) is 6.08. The van der Waals surface area contributed by atoms with Crippen molar-refractivity contribution in [3.05, 3.63) is 12.7 Å². The maximum Gasteiger partial charge on any atom is 0.426 e. The van der Waals surface area contributed by atoms with Gasteiger partial charge in [0, 0.05) is 5.92 Å². The molecule has 22 heavy (non-hydrogen) atoms. The van der Waals surface area contributed by atoms with Gasteiger partial charge in [0.15, 0.2) is 0 Å². The van der Waals surface area contributed by atoms with E-state index in [0.29, 0.717) is 0 Å². The topological polar surface area (TPSA) is 40.5 Å². The molecule has 0 radical (unpaired) electrons. The molecule has 1 saturated carbocycles. The van der Waals surface area contributed by atoms with Crippen molar-refractivity contribution in [1.29, 1.82) is 0 Å². The van der Waals surface area contributed by atoms with Crippen molar-refractivity contribution >= 4 is 0 Å². The Kier molecular flexibility index (Phi) is 5.00. The van der Waals surface area contributed by atoms with Gasteiger partial charge in [0.2, 0.25) is 0 Å². The van der Waals surface area contributed by atoms with Gasteiger partial charge in [-0.15, -0.1) is 6.58 Å². The quantitative estimate of drug-likeness (QED) is 0.608. The minimum absolute atomic E-state index is 0.231. The van der Waals surface area contributed by atoms with Gasteiger partial charge in [0.1, 0.15) is 0 Å². The lowest BCUT2D eigenvalue weighted by Crippen LogP contribution is -2.63. The largest absolute Gasteiger partial charge is 0.426 e. The standard InChI is InChI=1S/C14H20F6O2/c1-4-8-5-9(11(2,3)21)7-10(6-8)12(22,13(15,16)17)14(18,19)20/h4,8-10,21-22H,1,5-7H2,2-3H3. The number of allylic oxidation sites excluding steroid dienone is 1. The lowest BCUT2D eigenvalue weighted by molar-refractivity contribution is -0.389. The van der Waals surface area contributed by atoms with Crippen LogP contribution in [0.4, 0.5) is 26.3 Å². The average Bonchev–Trinajstić information content (AvgIpc) is 2.33. The molecule has 0 aromatic carbocycles. The van der Waals surface area contributed by atoms with E-state index in [1.54, 1.807) is 0 Å². The zero-order valence-electron chi connectivity index (χ0n) is 12.3. The fourth-order valence-corrected chi connectivity index (χ4v) is 3.10. The van der Waals surface area contributed by atoms with Crippen molar-refractivity contribution in [3.8, 4) is 0 Å². The molecule has 8 heteroatoms. The number of rotatable bonds is 3. The third-order valence-corrected chi connectivity index (χ3v) is 4.53. The van der Waals surface area contributed by atoms with E-state index in [-0.39, 0.29) is 6.42 Å². The van der Waals surface area contributed by atoms with Crippen LogP contribution >= 0.6 is 0 Å². The third-order valence-electron chi connectivity index (χ3n) is 4.53. The molecule has 2 nitrogen and oxygen atoms in total. The monoisotopic (exact) mass is 334 g/mol. The summed E-state index contributed by atoms with van der Waals surface area (Å²) in [5, 5.41) is 19.5. The molecule has 0 aliphatic heterocycles. The molecule has 1 aliphatic rings. The average molecular weight is 334 g/mol. The molecule has 1 fully saturated rings. The van der Waals surface area contributed by atoms with Gasteiger partial charge in [-0.3, -0.25) is 0 Å². The van der Waals surface area contributed by atoms with Gasteiger partial charge in [-0.05, 0) is 44.9 Å². The highest BCUT2D eigenvalue weighted by Gasteiger charge is 2.74. The zero-order chi connectivity index (χ0) is 17.6. The Labute approximate surface area is 124 Å².